The lowest BCUT2D eigenvalue weighted by molar-refractivity contribution is 0.114. The normalized spacial score (nSPS) is 15.8. The van der Waals surface area contributed by atoms with Gasteiger partial charge in [-0.25, -0.2) is 4.98 Å². The molecule has 0 saturated heterocycles. The third-order valence-electron chi connectivity index (χ3n) is 2.73. The Hall–Kier alpha value is -1.16. The molecule has 2 rings (SSSR count). The van der Waals surface area contributed by atoms with Crippen LogP contribution in [0.2, 0.25) is 0 Å². The van der Waals surface area contributed by atoms with Crippen LogP contribution in [0.25, 0.3) is 0 Å². The Morgan fingerprint density at radius 1 is 1.44 bits per heavy atom. The molecule has 0 radical (unpaired) electrons. The number of nitrogens with one attached hydrogen (secondary N) is 1. The zero-order chi connectivity index (χ0) is 11.2. The van der Waals surface area contributed by atoms with Crippen LogP contribution < -0.4 is 10.1 Å². The van der Waals surface area contributed by atoms with E-state index < -0.39 is 0 Å². The molecule has 1 heterocycles. The predicted molar refractivity (Wildman–Crippen MR) is 62.3 cm³/mol. The van der Waals surface area contributed by atoms with Crippen molar-refractivity contribution >= 4 is 0 Å². The first-order valence-electron chi connectivity index (χ1n) is 6.07. The molecule has 88 valence electrons. The van der Waals surface area contributed by atoms with Crippen LogP contribution in [-0.2, 0) is 6.54 Å². The molecule has 1 aliphatic rings. The van der Waals surface area contributed by atoms with Gasteiger partial charge in [0.05, 0.1) is 11.9 Å². The van der Waals surface area contributed by atoms with Crippen LogP contribution in [0.15, 0.2) is 12.4 Å². The van der Waals surface area contributed by atoms with E-state index in [0.29, 0.717) is 12.0 Å². The number of nitrogens with zero attached hydrogens (tertiary/aromatic N) is 2. The molecule has 1 fully saturated rings. The number of ether oxygens (including phenoxy) is 1. The van der Waals surface area contributed by atoms with E-state index in [-0.39, 0.29) is 0 Å². The summed E-state index contributed by atoms with van der Waals surface area (Å²) in [6.45, 7) is 3.92. The van der Waals surface area contributed by atoms with Crippen LogP contribution in [0.3, 0.4) is 0 Å². The Balaban J connectivity index is 1.85. The second kappa shape index (κ2) is 5.80. The van der Waals surface area contributed by atoms with E-state index in [2.05, 4.69) is 22.2 Å². The SMILES string of the molecule is CCCNCc1cncc(OC2CCC2)n1. The van der Waals surface area contributed by atoms with Crippen LogP contribution in [0.1, 0.15) is 38.3 Å². The quantitative estimate of drug-likeness (QED) is 0.745. The molecule has 0 bridgehead atoms. The van der Waals surface area contributed by atoms with Crippen molar-refractivity contribution in [3.8, 4) is 5.88 Å². The standard InChI is InChI=1S/C12H19N3O/c1-2-6-13-7-10-8-14-9-12(15-10)16-11-4-3-5-11/h8-9,11,13H,2-7H2,1H3. The van der Waals surface area contributed by atoms with E-state index in [1.54, 1.807) is 12.4 Å². The average molecular weight is 221 g/mol. The monoisotopic (exact) mass is 221 g/mol. The molecule has 4 heteroatoms. The summed E-state index contributed by atoms with van der Waals surface area (Å²) in [5.74, 6) is 0.667. The van der Waals surface area contributed by atoms with Crippen molar-refractivity contribution in [1.82, 2.24) is 15.3 Å². The summed E-state index contributed by atoms with van der Waals surface area (Å²) in [6, 6.07) is 0. The van der Waals surface area contributed by atoms with Crippen LogP contribution in [0.5, 0.6) is 5.88 Å². The van der Waals surface area contributed by atoms with Crippen LogP contribution in [-0.4, -0.2) is 22.6 Å². The van der Waals surface area contributed by atoms with Gasteiger partial charge < -0.3 is 10.1 Å². The van der Waals surface area contributed by atoms with Gasteiger partial charge in [0.15, 0.2) is 0 Å². The molecule has 1 aliphatic carbocycles. The lowest BCUT2D eigenvalue weighted by Crippen LogP contribution is -2.25. The Morgan fingerprint density at radius 2 is 2.31 bits per heavy atom. The van der Waals surface area contributed by atoms with Crippen LogP contribution in [0, 0.1) is 0 Å². The topological polar surface area (TPSA) is 47.0 Å². The molecule has 0 unspecified atom stereocenters. The van der Waals surface area contributed by atoms with Crippen molar-refractivity contribution in [2.45, 2.75) is 45.3 Å². The lowest BCUT2D eigenvalue weighted by Gasteiger charge is -2.25. The molecule has 4 nitrogen and oxygen atoms in total. The first kappa shape index (κ1) is 11.3. The predicted octanol–water partition coefficient (Wildman–Crippen LogP) is 1.91. The largest absolute Gasteiger partial charge is 0.473 e. The molecule has 0 aromatic carbocycles. The van der Waals surface area contributed by atoms with E-state index in [9.17, 15) is 0 Å². The highest BCUT2D eigenvalue weighted by molar-refractivity contribution is 5.09. The van der Waals surface area contributed by atoms with E-state index in [4.69, 9.17) is 4.74 Å². The third kappa shape index (κ3) is 3.17. The number of aromatic nitrogens is 2. The average Bonchev–Trinajstić information content (AvgIpc) is 2.25. The zero-order valence-corrected chi connectivity index (χ0v) is 9.78. The fourth-order valence-electron chi connectivity index (χ4n) is 1.58. The van der Waals surface area contributed by atoms with Crippen molar-refractivity contribution in [1.29, 1.82) is 0 Å². The molecular weight excluding hydrogens is 202 g/mol. The van der Waals surface area contributed by atoms with Gasteiger partial charge in [-0.1, -0.05) is 6.92 Å². The third-order valence-corrected chi connectivity index (χ3v) is 2.73. The Labute approximate surface area is 96.4 Å². The van der Waals surface area contributed by atoms with Gasteiger partial charge in [-0.05, 0) is 32.2 Å². The molecule has 0 aliphatic heterocycles. The maximum atomic E-state index is 5.70. The fraction of sp³-hybridized carbons (Fsp3) is 0.667. The fourth-order valence-corrected chi connectivity index (χ4v) is 1.58. The van der Waals surface area contributed by atoms with Gasteiger partial charge in [-0.3, -0.25) is 4.98 Å². The van der Waals surface area contributed by atoms with Gasteiger partial charge >= 0.3 is 0 Å². The van der Waals surface area contributed by atoms with Crippen molar-refractivity contribution in [3.63, 3.8) is 0 Å². The highest BCUT2D eigenvalue weighted by Crippen LogP contribution is 2.23. The Morgan fingerprint density at radius 3 is 3.00 bits per heavy atom. The summed E-state index contributed by atoms with van der Waals surface area (Å²) in [5, 5.41) is 3.30. The summed E-state index contributed by atoms with van der Waals surface area (Å²) in [5.41, 5.74) is 0.949. The second-order valence-electron chi connectivity index (χ2n) is 4.20. The highest BCUT2D eigenvalue weighted by Gasteiger charge is 2.19. The Kier molecular flexibility index (Phi) is 4.10. The van der Waals surface area contributed by atoms with E-state index in [1.807, 2.05) is 0 Å². The first-order chi connectivity index (χ1) is 7.88. The maximum Gasteiger partial charge on any atom is 0.232 e. The molecule has 0 amide bonds. The van der Waals surface area contributed by atoms with Gasteiger partial charge in [-0.15, -0.1) is 0 Å². The van der Waals surface area contributed by atoms with E-state index >= 15 is 0 Å². The molecule has 0 atom stereocenters. The van der Waals surface area contributed by atoms with Crippen molar-refractivity contribution < 1.29 is 4.74 Å². The first-order valence-corrected chi connectivity index (χ1v) is 6.07. The summed E-state index contributed by atoms with van der Waals surface area (Å²) < 4.78 is 5.70. The van der Waals surface area contributed by atoms with Crippen molar-refractivity contribution in [2.24, 2.45) is 0 Å². The van der Waals surface area contributed by atoms with Gasteiger partial charge in [0.1, 0.15) is 6.10 Å². The molecule has 0 spiro atoms. The van der Waals surface area contributed by atoms with E-state index in [0.717, 1.165) is 38.0 Å². The van der Waals surface area contributed by atoms with E-state index in [1.165, 1.54) is 6.42 Å². The van der Waals surface area contributed by atoms with Gasteiger partial charge in [0.25, 0.3) is 0 Å². The van der Waals surface area contributed by atoms with Crippen LogP contribution in [0.4, 0.5) is 0 Å². The van der Waals surface area contributed by atoms with Crippen molar-refractivity contribution in [2.75, 3.05) is 6.54 Å². The summed E-state index contributed by atoms with van der Waals surface area (Å²) in [6.07, 6.45) is 8.56. The number of hydrogen-bond donors (Lipinski definition) is 1. The molecule has 1 aromatic heterocycles. The molecule has 1 saturated carbocycles. The summed E-state index contributed by atoms with van der Waals surface area (Å²) in [4.78, 5) is 8.57. The number of hydrogen-bond acceptors (Lipinski definition) is 4. The zero-order valence-electron chi connectivity index (χ0n) is 9.78. The second-order valence-corrected chi connectivity index (χ2v) is 4.20. The minimum absolute atomic E-state index is 0.369. The van der Waals surface area contributed by atoms with Gasteiger partial charge in [0.2, 0.25) is 5.88 Å². The number of rotatable bonds is 6. The smallest absolute Gasteiger partial charge is 0.232 e. The molecule has 16 heavy (non-hydrogen) atoms. The highest BCUT2D eigenvalue weighted by atomic mass is 16.5. The van der Waals surface area contributed by atoms with Crippen molar-refractivity contribution in [3.05, 3.63) is 18.1 Å². The molecule has 1 N–H and O–H groups in total. The summed E-state index contributed by atoms with van der Waals surface area (Å²) in [7, 11) is 0. The minimum Gasteiger partial charge on any atom is -0.473 e. The minimum atomic E-state index is 0.369. The summed E-state index contributed by atoms with van der Waals surface area (Å²) >= 11 is 0. The van der Waals surface area contributed by atoms with Gasteiger partial charge in [-0.2, -0.15) is 0 Å². The van der Waals surface area contributed by atoms with Crippen LogP contribution >= 0.6 is 0 Å². The lowest BCUT2D eigenvalue weighted by atomic mass is 9.96. The van der Waals surface area contributed by atoms with Gasteiger partial charge in [0, 0.05) is 12.7 Å². The molecular formula is C12H19N3O. The molecule has 1 aromatic rings. The maximum absolute atomic E-state index is 5.70. The Bertz CT molecular complexity index is 326.